The minimum Gasteiger partial charge on any atom is -0.497 e. The van der Waals surface area contributed by atoms with Gasteiger partial charge >= 0.3 is 5.88 Å². The van der Waals surface area contributed by atoms with Gasteiger partial charge in [0, 0.05) is 10.9 Å². The van der Waals surface area contributed by atoms with Crippen LogP contribution in [0.1, 0.15) is 36.5 Å². The molecule has 1 atom stereocenters. The monoisotopic (exact) mass is 412 g/mol. The summed E-state index contributed by atoms with van der Waals surface area (Å²) in [6.45, 7) is 5.14. The van der Waals surface area contributed by atoms with Crippen LogP contribution < -0.4 is 19.8 Å². The summed E-state index contributed by atoms with van der Waals surface area (Å²) in [5.74, 6) is 3.30. The Morgan fingerprint density at radius 3 is 2.58 bits per heavy atom. The highest BCUT2D eigenvalue weighted by Crippen LogP contribution is 2.50. The Morgan fingerprint density at radius 2 is 1.84 bits per heavy atom. The van der Waals surface area contributed by atoms with Gasteiger partial charge in [0.1, 0.15) is 17.1 Å². The summed E-state index contributed by atoms with van der Waals surface area (Å²) in [6.07, 6.45) is 1.79. The van der Waals surface area contributed by atoms with Crippen molar-refractivity contribution in [2.75, 3.05) is 12.8 Å². The van der Waals surface area contributed by atoms with Crippen LogP contribution >= 0.6 is 0 Å². The maximum Gasteiger partial charge on any atom is 0.306 e. The molecule has 0 radical (unpaired) electrons. The average molecular weight is 413 g/mol. The summed E-state index contributed by atoms with van der Waals surface area (Å²) >= 11 is 0. The molecule has 0 spiro atoms. The number of fused-ring (bicyclic) bond motifs is 4. The minimum absolute atomic E-state index is 0.0821. The summed E-state index contributed by atoms with van der Waals surface area (Å²) in [6, 6.07) is 20.7. The van der Waals surface area contributed by atoms with E-state index in [1.807, 2.05) is 28.8 Å². The van der Waals surface area contributed by atoms with Gasteiger partial charge in [-0.05, 0) is 29.0 Å². The second kappa shape index (κ2) is 7.58. The maximum absolute atomic E-state index is 6.72. The highest BCUT2D eigenvalue weighted by atomic mass is 16.5. The van der Waals surface area contributed by atoms with Gasteiger partial charge in [-0.15, -0.1) is 0 Å². The van der Waals surface area contributed by atoms with Crippen molar-refractivity contribution >= 4 is 16.6 Å². The number of nitrogens with two attached hydrogens (primary N) is 1. The zero-order valence-electron chi connectivity index (χ0n) is 18.0. The van der Waals surface area contributed by atoms with Gasteiger partial charge in [0.2, 0.25) is 12.1 Å². The van der Waals surface area contributed by atoms with Gasteiger partial charge in [-0.1, -0.05) is 67.4 Å². The number of anilines is 1. The first-order chi connectivity index (χ1) is 15.1. The SMILES string of the molecule is COc1ccc([C@@H]2c3ccc4ccccc4c3Oc3nc[n+](CC(C)C)c(N)c32)cc1. The Hall–Kier alpha value is -3.60. The lowest BCUT2D eigenvalue weighted by Crippen LogP contribution is -2.41. The smallest absolute Gasteiger partial charge is 0.306 e. The molecule has 1 aromatic heterocycles. The molecule has 0 saturated carbocycles. The molecule has 1 aliphatic rings. The van der Waals surface area contributed by atoms with Crippen molar-refractivity contribution in [3.63, 3.8) is 0 Å². The third-order valence-corrected chi connectivity index (χ3v) is 5.85. The van der Waals surface area contributed by atoms with Crippen molar-refractivity contribution in [3.8, 4) is 17.4 Å². The molecule has 2 heterocycles. The van der Waals surface area contributed by atoms with Crippen molar-refractivity contribution in [1.82, 2.24) is 4.98 Å². The second-order valence-electron chi connectivity index (χ2n) is 8.41. The van der Waals surface area contributed by atoms with Crippen LogP contribution in [0.3, 0.4) is 0 Å². The van der Waals surface area contributed by atoms with E-state index in [1.165, 1.54) is 0 Å². The third-order valence-electron chi connectivity index (χ3n) is 5.85. The van der Waals surface area contributed by atoms with Gasteiger partial charge in [0.15, 0.2) is 0 Å². The molecule has 4 aromatic rings. The predicted molar refractivity (Wildman–Crippen MR) is 122 cm³/mol. The quantitative estimate of drug-likeness (QED) is 0.419. The van der Waals surface area contributed by atoms with Crippen LogP contribution in [0.15, 0.2) is 67.0 Å². The van der Waals surface area contributed by atoms with Gasteiger partial charge in [-0.25, -0.2) is 4.57 Å². The van der Waals surface area contributed by atoms with Crippen molar-refractivity contribution in [1.29, 1.82) is 0 Å². The normalized spacial score (nSPS) is 14.8. The van der Waals surface area contributed by atoms with E-state index >= 15 is 0 Å². The molecule has 0 amide bonds. The number of ether oxygens (including phenoxy) is 2. The third kappa shape index (κ3) is 3.26. The van der Waals surface area contributed by atoms with Crippen molar-refractivity contribution in [2.24, 2.45) is 5.92 Å². The van der Waals surface area contributed by atoms with Crippen LogP contribution in [0.2, 0.25) is 0 Å². The maximum atomic E-state index is 6.72. The lowest BCUT2D eigenvalue weighted by atomic mass is 9.82. The molecule has 156 valence electrons. The number of rotatable bonds is 4. The summed E-state index contributed by atoms with van der Waals surface area (Å²) in [4.78, 5) is 4.68. The Labute approximate surface area is 182 Å². The molecular weight excluding hydrogens is 386 g/mol. The number of hydrogen-bond donors (Lipinski definition) is 1. The first-order valence-electron chi connectivity index (χ1n) is 10.6. The second-order valence-corrected chi connectivity index (χ2v) is 8.41. The van der Waals surface area contributed by atoms with Crippen molar-refractivity contribution in [2.45, 2.75) is 26.3 Å². The number of nitrogens with zero attached hydrogens (tertiary/aromatic N) is 2. The molecule has 31 heavy (non-hydrogen) atoms. The molecule has 0 aliphatic carbocycles. The lowest BCUT2D eigenvalue weighted by Gasteiger charge is -2.28. The lowest BCUT2D eigenvalue weighted by molar-refractivity contribution is -0.691. The van der Waals surface area contributed by atoms with Gasteiger partial charge in [0.25, 0.3) is 0 Å². The van der Waals surface area contributed by atoms with E-state index in [9.17, 15) is 0 Å². The molecule has 0 fully saturated rings. The van der Waals surface area contributed by atoms with E-state index in [0.717, 1.165) is 45.5 Å². The minimum atomic E-state index is -0.0821. The largest absolute Gasteiger partial charge is 0.497 e. The standard InChI is InChI=1S/C26H25N3O2/c1-16(2)14-29-15-28-26-23(25(29)27)22(18-8-11-19(30-3)12-9-18)21-13-10-17-6-4-5-7-20(17)24(21)31-26/h4-13,15-16,22,27H,14H2,1-3H3/p+1/t22-/m1/s1. The molecule has 0 unspecified atom stereocenters. The Kier molecular flexibility index (Phi) is 4.74. The number of hydrogen-bond acceptors (Lipinski definition) is 4. The van der Waals surface area contributed by atoms with Crippen molar-refractivity contribution < 1.29 is 14.0 Å². The van der Waals surface area contributed by atoms with E-state index in [4.69, 9.17) is 15.2 Å². The molecule has 0 saturated heterocycles. The number of methoxy groups -OCH3 is 1. The van der Waals surface area contributed by atoms with Crippen LogP contribution in [0.5, 0.6) is 17.4 Å². The first-order valence-corrected chi connectivity index (χ1v) is 10.6. The van der Waals surface area contributed by atoms with Gasteiger partial charge in [0.05, 0.1) is 19.6 Å². The van der Waals surface area contributed by atoms with E-state index < -0.39 is 0 Å². The summed E-state index contributed by atoms with van der Waals surface area (Å²) < 4.78 is 13.8. The Morgan fingerprint density at radius 1 is 1.06 bits per heavy atom. The molecule has 5 nitrogen and oxygen atoms in total. The Balaban J connectivity index is 1.77. The van der Waals surface area contributed by atoms with Crippen molar-refractivity contribution in [3.05, 3.63) is 83.7 Å². The number of aromatic nitrogens is 2. The number of nitrogen functional groups attached to an aromatic ring is 1. The van der Waals surface area contributed by atoms with Crippen LogP contribution in [-0.2, 0) is 6.54 Å². The molecule has 0 bridgehead atoms. The molecule has 5 heteroatoms. The van der Waals surface area contributed by atoms with Crippen LogP contribution in [0.25, 0.3) is 10.8 Å². The Bertz CT molecular complexity index is 1270. The van der Waals surface area contributed by atoms with Gasteiger partial charge < -0.3 is 15.2 Å². The average Bonchev–Trinajstić information content (AvgIpc) is 2.79. The predicted octanol–water partition coefficient (Wildman–Crippen LogP) is 5.06. The van der Waals surface area contributed by atoms with Gasteiger partial charge in [-0.2, -0.15) is 0 Å². The fourth-order valence-corrected chi connectivity index (χ4v) is 4.41. The topological polar surface area (TPSA) is 61.2 Å². The molecular formula is C26H26N3O2+. The van der Waals surface area contributed by atoms with Crippen LogP contribution in [-0.4, -0.2) is 12.1 Å². The zero-order valence-corrected chi connectivity index (χ0v) is 18.0. The molecule has 1 aliphatic heterocycles. The molecule has 3 aromatic carbocycles. The van der Waals surface area contributed by atoms with E-state index in [2.05, 4.69) is 55.2 Å². The highest BCUT2D eigenvalue weighted by Gasteiger charge is 2.37. The summed E-state index contributed by atoms with van der Waals surface area (Å²) in [5.41, 5.74) is 9.85. The summed E-state index contributed by atoms with van der Waals surface area (Å²) in [7, 11) is 1.68. The first kappa shape index (κ1) is 19.4. The zero-order chi connectivity index (χ0) is 21.5. The van der Waals surface area contributed by atoms with Crippen LogP contribution in [0.4, 0.5) is 5.82 Å². The van der Waals surface area contributed by atoms with Crippen LogP contribution in [0, 0.1) is 5.92 Å². The molecule has 2 N–H and O–H groups in total. The van der Waals surface area contributed by atoms with E-state index in [1.54, 1.807) is 13.4 Å². The highest BCUT2D eigenvalue weighted by molar-refractivity contribution is 5.91. The molecule has 5 rings (SSSR count). The fraction of sp³-hybridized carbons (Fsp3) is 0.231. The van der Waals surface area contributed by atoms with Gasteiger partial charge in [-0.3, -0.25) is 0 Å². The van der Waals surface area contributed by atoms with E-state index in [0.29, 0.717) is 17.6 Å². The summed E-state index contributed by atoms with van der Waals surface area (Å²) in [5, 5.41) is 2.21. The fourth-order valence-electron chi connectivity index (χ4n) is 4.41. The van der Waals surface area contributed by atoms with E-state index in [-0.39, 0.29) is 5.92 Å². The number of benzene rings is 3.